The SMILES string of the molecule is CC(C)c1ccc2[nH]c(COC(=O)c3cccc([N+](C)(C)C)c3)cc2c1. The lowest BCUT2D eigenvalue weighted by Gasteiger charge is -2.23. The summed E-state index contributed by atoms with van der Waals surface area (Å²) in [4.78, 5) is 15.7. The van der Waals surface area contributed by atoms with Crippen LogP contribution < -0.4 is 4.48 Å². The Hall–Kier alpha value is -2.59. The van der Waals surface area contributed by atoms with Crippen LogP contribution in [0, 0.1) is 0 Å². The predicted molar refractivity (Wildman–Crippen MR) is 108 cm³/mol. The summed E-state index contributed by atoms with van der Waals surface area (Å²) < 4.78 is 6.17. The maximum Gasteiger partial charge on any atom is 0.338 e. The van der Waals surface area contributed by atoms with Crippen LogP contribution in [0.1, 0.15) is 41.4 Å². The number of H-pyrrole nitrogens is 1. The van der Waals surface area contributed by atoms with Crippen molar-refractivity contribution in [3.05, 3.63) is 65.4 Å². The number of hydrogen-bond donors (Lipinski definition) is 1. The molecule has 0 spiro atoms. The summed E-state index contributed by atoms with van der Waals surface area (Å²) in [5.74, 6) is 0.186. The molecule has 0 fully saturated rings. The average Bonchev–Trinajstić information content (AvgIpc) is 3.01. The summed E-state index contributed by atoms with van der Waals surface area (Å²) in [6.07, 6.45) is 0. The Bertz CT molecular complexity index is 933. The number of hydrogen-bond acceptors (Lipinski definition) is 2. The van der Waals surface area contributed by atoms with Crippen molar-refractivity contribution in [3.63, 3.8) is 0 Å². The van der Waals surface area contributed by atoms with Gasteiger partial charge in [0.2, 0.25) is 0 Å². The summed E-state index contributed by atoms with van der Waals surface area (Å²) in [6, 6.07) is 16.1. The number of ether oxygens (including phenoxy) is 1. The van der Waals surface area contributed by atoms with Crippen LogP contribution in [0.5, 0.6) is 0 Å². The van der Waals surface area contributed by atoms with Crippen molar-refractivity contribution in [3.8, 4) is 0 Å². The number of aromatic nitrogens is 1. The van der Waals surface area contributed by atoms with Crippen molar-refractivity contribution in [1.82, 2.24) is 9.47 Å². The van der Waals surface area contributed by atoms with Gasteiger partial charge in [-0.3, -0.25) is 4.48 Å². The van der Waals surface area contributed by atoms with Crippen LogP contribution in [0.25, 0.3) is 10.9 Å². The van der Waals surface area contributed by atoms with Gasteiger partial charge in [-0.05, 0) is 41.8 Å². The first-order chi connectivity index (χ1) is 12.2. The van der Waals surface area contributed by atoms with Crippen LogP contribution in [0.4, 0.5) is 5.69 Å². The molecule has 3 rings (SSSR count). The summed E-state index contributed by atoms with van der Waals surface area (Å²) in [6.45, 7) is 4.60. The van der Waals surface area contributed by atoms with Gasteiger partial charge in [-0.1, -0.05) is 26.0 Å². The van der Waals surface area contributed by atoms with E-state index in [-0.39, 0.29) is 12.6 Å². The molecule has 136 valence electrons. The molecule has 1 aromatic heterocycles. The number of esters is 1. The third kappa shape index (κ3) is 3.97. The third-order valence-electron chi connectivity index (χ3n) is 4.58. The minimum Gasteiger partial charge on any atom is -0.456 e. The fraction of sp³-hybridized carbons (Fsp3) is 0.318. The lowest BCUT2D eigenvalue weighted by molar-refractivity contribution is 0.0468. The summed E-state index contributed by atoms with van der Waals surface area (Å²) in [5.41, 5.74) is 4.90. The normalized spacial score (nSPS) is 11.9. The van der Waals surface area contributed by atoms with Gasteiger partial charge in [0, 0.05) is 17.0 Å². The lowest BCUT2D eigenvalue weighted by atomic mass is 10.0. The molecule has 1 heterocycles. The summed E-state index contributed by atoms with van der Waals surface area (Å²) >= 11 is 0. The van der Waals surface area contributed by atoms with Crippen molar-refractivity contribution in [2.45, 2.75) is 26.4 Å². The van der Waals surface area contributed by atoms with E-state index >= 15 is 0 Å². The molecule has 0 unspecified atom stereocenters. The summed E-state index contributed by atoms with van der Waals surface area (Å²) in [5, 5.41) is 1.15. The van der Waals surface area contributed by atoms with Crippen molar-refractivity contribution in [1.29, 1.82) is 0 Å². The molecule has 0 aliphatic rings. The number of nitrogens with one attached hydrogen (secondary N) is 1. The number of fused-ring (bicyclic) bond motifs is 1. The second kappa shape index (κ2) is 6.96. The van der Waals surface area contributed by atoms with E-state index in [1.807, 2.05) is 18.2 Å². The standard InChI is InChI=1S/C22H27N2O2/c1-15(2)16-9-10-21-18(11-16)12-19(23-21)14-26-22(25)17-7-6-8-20(13-17)24(3,4)5/h6-13,15,23H,14H2,1-5H3/q+1. The summed E-state index contributed by atoms with van der Waals surface area (Å²) in [7, 11) is 6.21. The molecule has 0 bridgehead atoms. The van der Waals surface area contributed by atoms with Gasteiger partial charge in [-0.15, -0.1) is 0 Å². The first kappa shape index (κ1) is 18.2. The first-order valence-corrected chi connectivity index (χ1v) is 8.95. The number of rotatable bonds is 5. The quantitative estimate of drug-likeness (QED) is 0.528. The molecule has 26 heavy (non-hydrogen) atoms. The number of carbonyl (C=O) groups excluding carboxylic acids is 1. The van der Waals surface area contributed by atoms with Gasteiger partial charge in [-0.25, -0.2) is 4.79 Å². The molecule has 0 atom stereocenters. The van der Waals surface area contributed by atoms with Crippen molar-refractivity contribution >= 4 is 22.6 Å². The Morgan fingerprint density at radius 2 is 1.85 bits per heavy atom. The molecule has 0 radical (unpaired) electrons. The Kier molecular flexibility index (Phi) is 4.88. The van der Waals surface area contributed by atoms with Gasteiger partial charge in [0.1, 0.15) is 12.3 Å². The Labute approximate surface area is 155 Å². The highest BCUT2D eigenvalue weighted by Gasteiger charge is 2.16. The van der Waals surface area contributed by atoms with Gasteiger partial charge in [0.05, 0.1) is 32.4 Å². The Balaban J connectivity index is 1.72. The number of aromatic amines is 1. The Morgan fingerprint density at radius 3 is 2.54 bits per heavy atom. The molecule has 2 aromatic carbocycles. The van der Waals surface area contributed by atoms with Crippen molar-refractivity contribution < 1.29 is 9.53 Å². The Morgan fingerprint density at radius 1 is 1.08 bits per heavy atom. The van der Waals surface area contributed by atoms with E-state index in [2.05, 4.69) is 64.2 Å². The molecule has 0 amide bonds. The fourth-order valence-electron chi connectivity index (χ4n) is 2.92. The van der Waals surface area contributed by atoms with Gasteiger partial charge in [-0.2, -0.15) is 0 Å². The highest BCUT2D eigenvalue weighted by atomic mass is 16.5. The van der Waals surface area contributed by atoms with Crippen LogP contribution in [-0.4, -0.2) is 32.1 Å². The van der Waals surface area contributed by atoms with Crippen LogP contribution >= 0.6 is 0 Å². The van der Waals surface area contributed by atoms with E-state index < -0.39 is 0 Å². The highest BCUT2D eigenvalue weighted by Crippen LogP contribution is 2.23. The van der Waals surface area contributed by atoms with E-state index in [4.69, 9.17) is 4.74 Å². The van der Waals surface area contributed by atoms with Crippen LogP contribution in [-0.2, 0) is 11.3 Å². The second-order valence-corrected chi connectivity index (χ2v) is 7.93. The number of nitrogens with zero attached hydrogens (tertiary/aromatic N) is 1. The van der Waals surface area contributed by atoms with Gasteiger partial charge in [0.25, 0.3) is 0 Å². The molecule has 0 saturated carbocycles. The van der Waals surface area contributed by atoms with Gasteiger partial charge >= 0.3 is 5.97 Å². The van der Waals surface area contributed by atoms with E-state index in [0.717, 1.165) is 22.3 Å². The third-order valence-corrected chi connectivity index (χ3v) is 4.58. The predicted octanol–water partition coefficient (Wildman–Crippen LogP) is 4.85. The molecule has 1 N–H and O–H groups in total. The second-order valence-electron chi connectivity index (χ2n) is 7.93. The average molecular weight is 351 g/mol. The maximum absolute atomic E-state index is 12.4. The molecule has 4 heteroatoms. The van der Waals surface area contributed by atoms with E-state index in [0.29, 0.717) is 16.0 Å². The molecule has 3 aromatic rings. The van der Waals surface area contributed by atoms with Crippen molar-refractivity contribution in [2.24, 2.45) is 0 Å². The van der Waals surface area contributed by atoms with Crippen LogP contribution in [0.15, 0.2) is 48.5 Å². The minimum absolute atomic E-state index is 0.235. The lowest BCUT2D eigenvalue weighted by Crippen LogP contribution is -2.34. The van der Waals surface area contributed by atoms with Crippen LogP contribution in [0.3, 0.4) is 0 Å². The maximum atomic E-state index is 12.4. The number of benzene rings is 2. The minimum atomic E-state index is -0.304. The smallest absolute Gasteiger partial charge is 0.338 e. The monoisotopic (exact) mass is 351 g/mol. The molecule has 0 aliphatic carbocycles. The highest BCUT2D eigenvalue weighted by molar-refractivity contribution is 5.90. The fourth-order valence-corrected chi connectivity index (χ4v) is 2.92. The first-order valence-electron chi connectivity index (χ1n) is 8.95. The number of carbonyl (C=O) groups is 1. The molecular weight excluding hydrogens is 324 g/mol. The van der Waals surface area contributed by atoms with E-state index in [1.165, 1.54) is 5.56 Å². The van der Waals surface area contributed by atoms with Crippen LogP contribution in [0.2, 0.25) is 0 Å². The number of quaternary nitrogens is 1. The van der Waals surface area contributed by atoms with Gasteiger partial charge < -0.3 is 9.72 Å². The zero-order valence-electron chi connectivity index (χ0n) is 16.2. The molecule has 0 aliphatic heterocycles. The zero-order valence-corrected chi connectivity index (χ0v) is 16.2. The molecule has 0 saturated heterocycles. The van der Waals surface area contributed by atoms with Gasteiger partial charge in [0.15, 0.2) is 0 Å². The molecular formula is C22H27N2O2+. The largest absolute Gasteiger partial charge is 0.456 e. The van der Waals surface area contributed by atoms with Crippen molar-refractivity contribution in [2.75, 3.05) is 21.1 Å². The zero-order chi connectivity index (χ0) is 18.9. The molecule has 4 nitrogen and oxygen atoms in total. The van der Waals surface area contributed by atoms with E-state index in [9.17, 15) is 4.79 Å². The van der Waals surface area contributed by atoms with E-state index in [1.54, 1.807) is 6.07 Å². The topological polar surface area (TPSA) is 42.1 Å².